The van der Waals surface area contributed by atoms with Gasteiger partial charge in [0.05, 0.1) is 30.5 Å². The van der Waals surface area contributed by atoms with Crippen LogP contribution in [-0.2, 0) is 19.1 Å². The second-order valence-corrected chi connectivity index (χ2v) is 7.93. The van der Waals surface area contributed by atoms with Crippen LogP contribution in [0.2, 0.25) is 0 Å². The Morgan fingerprint density at radius 1 is 1.23 bits per heavy atom. The molecule has 1 atom stereocenters. The van der Waals surface area contributed by atoms with E-state index in [1.54, 1.807) is 29.7 Å². The summed E-state index contributed by atoms with van der Waals surface area (Å²) >= 11 is 0. The molecule has 0 aliphatic carbocycles. The maximum Gasteiger partial charge on any atom is 0.309 e. The molecular formula is C22H32N2O6. The van der Waals surface area contributed by atoms with E-state index in [-0.39, 0.29) is 36.2 Å². The van der Waals surface area contributed by atoms with Gasteiger partial charge in [-0.25, -0.2) is 0 Å². The molecule has 8 heteroatoms. The Hall–Kier alpha value is -2.35. The second kappa shape index (κ2) is 10.6. The minimum absolute atomic E-state index is 0.00589. The van der Waals surface area contributed by atoms with Crippen LogP contribution in [0.25, 0.3) is 0 Å². The van der Waals surface area contributed by atoms with Crippen molar-refractivity contribution in [1.82, 2.24) is 9.80 Å². The topological polar surface area (TPSA) is 89.3 Å². The molecule has 166 valence electrons. The van der Waals surface area contributed by atoms with E-state index in [4.69, 9.17) is 13.9 Å². The summed E-state index contributed by atoms with van der Waals surface area (Å²) in [6, 6.07) is 1.67. The number of aryl methyl sites for hydroxylation is 1. The number of carbonyl (C=O) groups is 3. The average Bonchev–Trinajstić information content (AvgIpc) is 3.42. The lowest BCUT2D eigenvalue weighted by Crippen LogP contribution is -2.43. The smallest absolute Gasteiger partial charge is 0.309 e. The molecule has 2 aliphatic rings. The molecular weight excluding hydrogens is 388 g/mol. The van der Waals surface area contributed by atoms with Crippen LogP contribution < -0.4 is 0 Å². The van der Waals surface area contributed by atoms with Crippen LogP contribution in [0.1, 0.15) is 55.1 Å². The van der Waals surface area contributed by atoms with Gasteiger partial charge in [0.25, 0.3) is 5.91 Å². The van der Waals surface area contributed by atoms with Gasteiger partial charge in [-0.3, -0.25) is 14.4 Å². The SMILES string of the molecule is CCOC(=O)C1CCN(C(=O)CCN(C[C@H]2CCCO2)C(=O)c2ccoc2C)CC1. The summed E-state index contributed by atoms with van der Waals surface area (Å²) in [7, 11) is 0. The summed E-state index contributed by atoms with van der Waals surface area (Å²) in [5.41, 5.74) is 0.524. The molecule has 0 aromatic carbocycles. The Morgan fingerprint density at radius 2 is 2.00 bits per heavy atom. The van der Waals surface area contributed by atoms with Crippen molar-refractivity contribution in [3.05, 3.63) is 23.7 Å². The number of rotatable bonds is 8. The van der Waals surface area contributed by atoms with E-state index in [1.165, 1.54) is 6.26 Å². The first-order valence-corrected chi connectivity index (χ1v) is 10.9. The van der Waals surface area contributed by atoms with Gasteiger partial charge in [0, 0.05) is 39.2 Å². The highest BCUT2D eigenvalue weighted by atomic mass is 16.5. The molecule has 0 unspecified atom stereocenters. The number of likely N-dealkylation sites (tertiary alicyclic amines) is 1. The summed E-state index contributed by atoms with van der Waals surface area (Å²) < 4.78 is 16.1. The Kier molecular flexibility index (Phi) is 7.90. The number of hydrogen-bond acceptors (Lipinski definition) is 6. The first kappa shape index (κ1) is 22.3. The highest BCUT2D eigenvalue weighted by molar-refractivity contribution is 5.95. The van der Waals surface area contributed by atoms with Crippen molar-refractivity contribution in [3.63, 3.8) is 0 Å². The number of amides is 2. The van der Waals surface area contributed by atoms with E-state index in [0.29, 0.717) is 63.6 Å². The zero-order valence-corrected chi connectivity index (χ0v) is 17.9. The average molecular weight is 421 g/mol. The number of esters is 1. The van der Waals surface area contributed by atoms with E-state index in [9.17, 15) is 14.4 Å². The van der Waals surface area contributed by atoms with Gasteiger partial charge in [0.1, 0.15) is 5.76 Å². The summed E-state index contributed by atoms with van der Waals surface area (Å²) in [5.74, 6) is 0.144. The molecule has 1 aromatic heterocycles. The van der Waals surface area contributed by atoms with Crippen molar-refractivity contribution >= 4 is 17.8 Å². The fraction of sp³-hybridized carbons (Fsp3) is 0.682. The number of furan rings is 1. The van der Waals surface area contributed by atoms with Crippen LogP contribution >= 0.6 is 0 Å². The minimum Gasteiger partial charge on any atom is -0.469 e. The Labute approximate surface area is 177 Å². The van der Waals surface area contributed by atoms with Crippen LogP contribution in [0, 0.1) is 12.8 Å². The zero-order valence-electron chi connectivity index (χ0n) is 17.9. The summed E-state index contributed by atoms with van der Waals surface area (Å²) in [5, 5.41) is 0. The molecule has 0 spiro atoms. The largest absolute Gasteiger partial charge is 0.469 e. The predicted molar refractivity (Wildman–Crippen MR) is 109 cm³/mol. The third-order valence-corrected chi connectivity index (χ3v) is 5.89. The maximum absolute atomic E-state index is 13.0. The number of carbonyl (C=O) groups excluding carboxylic acids is 3. The number of hydrogen-bond donors (Lipinski definition) is 0. The van der Waals surface area contributed by atoms with Gasteiger partial charge in [-0.15, -0.1) is 0 Å². The Balaban J connectivity index is 1.54. The normalized spacial score (nSPS) is 19.7. The second-order valence-electron chi connectivity index (χ2n) is 7.93. The van der Waals surface area contributed by atoms with Crippen molar-refractivity contribution in [3.8, 4) is 0 Å². The molecule has 0 radical (unpaired) electrons. The first-order chi connectivity index (χ1) is 14.5. The summed E-state index contributed by atoms with van der Waals surface area (Å²) in [4.78, 5) is 41.1. The van der Waals surface area contributed by atoms with Gasteiger partial charge < -0.3 is 23.7 Å². The number of nitrogens with zero attached hydrogens (tertiary/aromatic N) is 2. The maximum atomic E-state index is 13.0. The fourth-order valence-corrected chi connectivity index (χ4v) is 4.10. The molecule has 8 nitrogen and oxygen atoms in total. The van der Waals surface area contributed by atoms with E-state index in [0.717, 1.165) is 12.8 Å². The standard InChI is InChI=1S/C22H32N2O6/c1-3-28-22(27)17-6-10-23(11-7-17)20(25)8-12-24(15-18-5-4-13-30-18)21(26)19-9-14-29-16(19)2/h9,14,17-18H,3-8,10-13,15H2,1-2H3/t18-/m1/s1. The first-order valence-electron chi connectivity index (χ1n) is 10.9. The molecule has 0 bridgehead atoms. The third-order valence-electron chi connectivity index (χ3n) is 5.89. The summed E-state index contributed by atoms with van der Waals surface area (Å²) in [6.07, 6.45) is 4.92. The van der Waals surface area contributed by atoms with E-state index >= 15 is 0 Å². The molecule has 3 heterocycles. The molecule has 3 rings (SSSR count). The highest BCUT2D eigenvalue weighted by Crippen LogP contribution is 2.21. The van der Waals surface area contributed by atoms with Crippen LogP contribution in [0.5, 0.6) is 0 Å². The van der Waals surface area contributed by atoms with Gasteiger partial charge in [0.15, 0.2) is 0 Å². The van der Waals surface area contributed by atoms with Crippen molar-refractivity contribution in [1.29, 1.82) is 0 Å². The molecule has 0 N–H and O–H groups in total. The van der Waals surface area contributed by atoms with Crippen LogP contribution in [0.4, 0.5) is 0 Å². The van der Waals surface area contributed by atoms with Crippen molar-refractivity contribution in [2.24, 2.45) is 5.92 Å². The Bertz CT molecular complexity index is 732. The van der Waals surface area contributed by atoms with Crippen LogP contribution in [0.3, 0.4) is 0 Å². The third kappa shape index (κ3) is 5.62. The van der Waals surface area contributed by atoms with Gasteiger partial charge in [-0.2, -0.15) is 0 Å². The van der Waals surface area contributed by atoms with Crippen molar-refractivity contribution < 1.29 is 28.3 Å². The van der Waals surface area contributed by atoms with Gasteiger partial charge in [0.2, 0.25) is 5.91 Å². The number of ether oxygens (including phenoxy) is 2. The van der Waals surface area contributed by atoms with Gasteiger partial charge >= 0.3 is 5.97 Å². The quantitative estimate of drug-likeness (QED) is 0.600. The lowest BCUT2D eigenvalue weighted by molar-refractivity contribution is -0.151. The van der Waals surface area contributed by atoms with Crippen LogP contribution in [-0.4, -0.2) is 73.1 Å². The lowest BCUT2D eigenvalue weighted by atomic mass is 9.97. The van der Waals surface area contributed by atoms with E-state index in [2.05, 4.69) is 0 Å². The molecule has 2 amide bonds. The monoisotopic (exact) mass is 420 g/mol. The fourth-order valence-electron chi connectivity index (χ4n) is 4.10. The highest BCUT2D eigenvalue weighted by Gasteiger charge is 2.30. The van der Waals surface area contributed by atoms with Crippen molar-refractivity contribution in [2.45, 2.75) is 52.1 Å². The van der Waals surface area contributed by atoms with E-state index < -0.39 is 0 Å². The summed E-state index contributed by atoms with van der Waals surface area (Å²) in [6.45, 7) is 6.54. The lowest BCUT2D eigenvalue weighted by Gasteiger charge is -2.32. The zero-order chi connectivity index (χ0) is 21.5. The molecule has 0 saturated carbocycles. The van der Waals surface area contributed by atoms with Crippen LogP contribution in [0.15, 0.2) is 16.7 Å². The molecule has 30 heavy (non-hydrogen) atoms. The number of piperidine rings is 1. The van der Waals surface area contributed by atoms with E-state index in [1.807, 2.05) is 0 Å². The molecule has 2 saturated heterocycles. The minimum atomic E-state index is -0.173. The molecule has 1 aromatic rings. The molecule has 2 aliphatic heterocycles. The van der Waals surface area contributed by atoms with Gasteiger partial charge in [-0.1, -0.05) is 0 Å². The predicted octanol–water partition coefficient (Wildman–Crippen LogP) is 2.40. The van der Waals surface area contributed by atoms with Crippen molar-refractivity contribution in [2.75, 3.05) is 39.4 Å². The molecule has 2 fully saturated rings. The Morgan fingerprint density at radius 3 is 2.60 bits per heavy atom. The van der Waals surface area contributed by atoms with Gasteiger partial charge in [-0.05, 0) is 45.6 Å².